The molecule has 1 fully saturated rings. The fraction of sp³-hybridized carbons (Fsp3) is 0.391. The summed E-state index contributed by atoms with van der Waals surface area (Å²) in [5.74, 6) is 2.27. The first-order chi connectivity index (χ1) is 15.6. The minimum absolute atomic E-state index is 0.137. The smallest absolute Gasteiger partial charge is 0.329 e. The van der Waals surface area contributed by atoms with E-state index in [1.165, 1.54) is 6.20 Å². The maximum absolute atomic E-state index is 11.5. The average molecular weight is 437 g/mol. The SMILES string of the molecule is COc1cc(Nc2ncc([N+](=O)[O-])c(NCC3CCC(CN)CC3)n2)cc2ccccc12. The molecule has 1 aromatic heterocycles. The third-order valence-electron chi connectivity index (χ3n) is 6.12. The topological polar surface area (TPSA) is 128 Å². The second-order valence-corrected chi connectivity index (χ2v) is 8.21. The highest BCUT2D eigenvalue weighted by Crippen LogP contribution is 2.32. The fourth-order valence-corrected chi connectivity index (χ4v) is 4.26. The van der Waals surface area contributed by atoms with E-state index in [4.69, 9.17) is 10.5 Å². The molecule has 2 aromatic carbocycles. The normalized spacial score (nSPS) is 18.3. The number of hydrogen-bond acceptors (Lipinski definition) is 8. The Kier molecular flexibility index (Phi) is 6.65. The zero-order valence-corrected chi connectivity index (χ0v) is 18.1. The molecule has 3 aromatic rings. The van der Waals surface area contributed by atoms with Crippen LogP contribution in [0.1, 0.15) is 25.7 Å². The molecule has 168 valence electrons. The van der Waals surface area contributed by atoms with E-state index in [0.29, 0.717) is 18.4 Å². The van der Waals surface area contributed by atoms with Crippen LogP contribution >= 0.6 is 0 Å². The molecule has 4 N–H and O–H groups in total. The third kappa shape index (κ3) is 4.88. The summed E-state index contributed by atoms with van der Waals surface area (Å²) < 4.78 is 5.51. The molecule has 0 bridgehead atoms. The number of fused-ring (bicyclic) bond motifs is 1. The van der Waals surface area contributed by atoms with E-state index in [2.05, 4.69) is 20.6 Å². The lowest BCUT2D eigenvalue weighted by Gasteiger charge is -2.27. The minimum Gasteiger partial charge on any atom is -0.496 e. The monoisotopic (exact) mass is 436 g/mol. The molecule has 0 atom stereocenters. The van der Waals surface area contributed by atoms with Crippen LogP contribution in [0.5, 0.6) is 5.75 Å². The molecular formula is C23H28N6O3. The molecule has 0 aliphatic heterocycles. The number of nitrogens with one attached hydrogen (secondary N) is 2. The second kappa shape index (κ2) is 9.78. The lowest BCUT2D eigenvalue weighted by molar-refractivity contribution is -0.384. The number of ether oxygens (including phenoxy) is 1. The number of benzene rings is 2. The van der Waals surface area contributed by atoms with Crippen molar-refractivity contribution >= 4 is 33.9 Å². The van der Waals surface area contributed by atoms with Crippen LogP contribution < -0.4 is 21.1 Å². The quantitative estimate of drug-likeness (QED) is 0.349. The Morgan fingerprint density at radius 2 is 1.94 bits per heavy atom. The number of nitrogens with zero attached hydrogens (tertiary/aromatic N) is 3. The standard InChI is InChI=1S/C23H28N6O3/c1-32-21-11-18(10-17-4-2-3-5-19(17)21)27-23-26-14-20(29(30)31)22(28-23)25-13-16-8-6-15(12-24)7-9-16/h2-5,10-11,14-16H,6-9,12-13,24H2,1H3,(H2,25,26,27,28). The predicted octanol–water partition coefficient (Wildman–Crippen LogP) is 4.47. The first kappa shape index (κ1) is 21.8. The van der Waals surface area contributed by atoms with Gasteiger partial charge in [-0.05, 0) is 55.5 Å². The van der Waals surface area contributed by atoms with E-state index in [0.717, 1.165) is 54.4 Å². The van der Waals surface area contributed by atoms with Crippen molar-refractivity contribution in [1.29, 1.82) is 0 Å². The van der Waals surface area contributed by atoms with Crippen molar-refractivity contribution in [2.24, 2.45) is 17.6 Å². The van der Waals surface area contributed by atoms with Crippen LogP contribution in [0.2, 0.25) is 0 Å². The number of hydrogen-bond donors (Lipinski definition) is 3. The van der Waals surface area contributed by atoms with Crippen LogP contribution in [-0.4, -0.2) is 35.1 Å². The molecule has 1 aliphatic carbocycles. The van der Waals surface area contributed by atoms with Gasteiger partial charge < -0.3 is 21.1 Å². The predicted molar refractivity (Wildman–Crippen MR) is 125 cm³/mol. The van der Waals surface area contributed by atoms with Gasteiger partial charge >= 0.3 is 5.69 Å². The summed E-state index contributed by atoms with van der Waals surface area (Å²) in [4.78, 5) is 19.6. The van der Waals surface area contributed by atoms with Crippen molar-refractivity contribution in [2.45, 2.75) is 25.7 Å². The Balaban J connectivity index is 1.53. The molecule has 1 aliphatic rings. The van der Waals surface area contributed by atoms with Gasteiger partial charge in [-0.2, -0.15) is 4.98 Å². The van der Waals surface area contributed by atoms with Crippen LogP contribution in [0, 0.1) is 22.0 Å². The fourth-order valence-electron chi connectivity index (χ4n) is 4.26. The molecule has 1 saturated carbocycles. The summed E-state index contributed by atoms with van der Waals surface area (Å²) in [5.41, 5.74) is 6.37. The maximum Gasteiger partial charge on any atom is 0.329 e. The molecule has 0 unspecified atom stereocenters. The van der Waals surface area contributed by atoms with Gasteiger partial charge in [-0.25, -0.2) is 4.98 Å². The Hall–Kier alpha value is -3.46. The number of aromatic nitrogens is 2. The van der Waals surface area contributed by atoms with Crippen molar-refractivity contribution in [2.75, 3.05) is 30.8 Å². The van der Waals surface area contributed by atoms with E-state index in [1.54, 1.807) is 7.11 Å². The second-order valence-electron chi connectivity index (χ2n) is 8.21. The third-order valence-corrected chi connectivity index (χ3v) is 6.12. The van der Waals surface area contributed by atoms with E-state index in [9.17, 15) is 10.1 Å². The molecule has 32 heavy (non-hydrogen) atoms. The summed E-state index contributed by atoms with van der Waals surface area (Å²) in [6, 6.07) is 11.7. The highest BCUT2D eigenvalue weighted by Gasteiger charge is 2.22. The first-order valence-electron chi connectivity index (χ1n) is 10.9. The van der Waals surface area contributed by atoms with Gasteiger partial charge in [-0.1, -0.05) is 24.3 Å². The number of nitrogens with two attached hydrogens (primary N) is 1. The van der Waals surface area contributed by atoms with Gasteiger partial charge in [-0.15, -0.1) is 0 Å². The minimum atomic E-state index is -0.462. The molecule has 9 nitrogen and oxygen atoms in total. The van der Waals surface area contributed by atoms with Gasteiger partial charge in [0.15, 0.2) is 0 Å². The highest BCUT2D eigenvalue weighted by molar-refractivity contribution is 5.92. The summed E-state index contributed by atoms with van der Waals surface area (Å²) in [6.07, 6.45) is 5.57. The average Bonchev–Trinajstić information content (AvgIpc) is 2.82. The Morgan fingerprint density at radius 3 is 2.66 bits per heavy atom. The summed E-state index contributed by atoms with van der Waals surface area (Å²) >= 11 is 0. The van der Waals surface area contributed by atoms with Gasteiger partial charge in [0.25, 0.3) is 0 Å². The Morgan fingerprint density at radius 1 is 1.19 bits per heavy atom. The van der Waals surface area contributed by atoms with Crippen molar-refractivity contribution in [1.82, 2.24) is 9.97 Å². The van der Waals surface area contributed by atoms with Crippen LogP contribution in [-0.2, 0) is 0 Å². The van der Waals surface area contributed by atoms with Crippen molar-refractivity contribution < 1.29 is 9.66 Å². The number of anilines is 3. The number of nitro groups is 1. The van der Waals surface area contributed by atoms with Gasteiger partial charge in [0.1, 0.15) is 11.9 Å². The van der Waals surface area contributed by atoms with Gasteiger partial charge in [-0.3, -0.25) is 10.1 Å². The molecule has 1 heterocycles. The maximum atomic E-state index is 11.5. The molecule has 0 radical (unpaired) electrons. The first-order valence-corrected chi connectivity index (χ1v) is 10.9. The molecule has 0 saturated heterocycles. The van der Waals surface area contributed by atoms with E-state index < -0.39 is 4.92 Å². The number of rotatable bonds is 8. The lowest BCUT2D eigenvalue weighted by Crippen LogP contribution is -2.25. The Bertz CT molecular complexity index is 1100. The summed E-state index contributed by atoms with van der Waals surface area (Å²) in [5, 5.41) is 19.8. The van der Waals surface area contributed by atoms with Gasteiger partial charge in [0.2, 0.25) is 11.8 Å². The largest absolute Gasteiger partial charge is 0.496 e. The summed E-state index contributed by atoms with van der Waals surface area (Å²) in [6.45, 7) is 1.37. The molecular weight excluding hydrogens is 408 g/mol. The van der Waals surface area contributed by atoms with Crippen molar-refractivity contribution in [3.8, 4) is 5.75 Å². The lowest BCUT2D eigenvalue weighted by atomic mass is 9.82. The molecule has 0 amide bonds. The van der Waals surface area contributed by atoms with Crippen LogP contribution in [0.3, 0.4) is 0 Å². The van der Waals surface area contributed by atoms with Crippen molar-refractivity contribution in [3.63, 3.8) is 0 Å². The van der Waals surface area contributed by atoms with Crippen LogP contribution in [0.4, 0.5) is 23.1 Å². The zero-order chi connectivity index (χ0) is 22.5. The number of methoxy groups -OCH3 is 1. The van der Waals surface area contributed by atoms with E-state index >= 15 is 0 Å². The summed E-state index contributed by atoms with van der Waals surface area (Å²) in [7, 11) is 1.62. The van der Waals surface area contributed by atoms with Gasteiger partial charge in [0, 0.05) is 23.7 Å². The van der Waals surface area contributed by atoms with Crippen molar-refractivity contribution in [3.05, 3.63) is 52.7 Å². The Labute approximate surface area is 186 Å². The van der Waals surface area contributed by atoms with Gasteiger partial charge in [0.05, 0.1) is 12.0 Å². The highest BCUT2D eigenvalue weighted by atomic mass is 16.6. The van der Waals surface area contributed by atoms with Crippen LogP contribution in [0.15, 0.2) is 42.6 Å². The zero-order valence-electron chi connectivity index (χ0n) is 18.1. The van der Waals surface area contributed by atoms with E-state index in [1.807, 2.05) is 36.4 Å². The molecule has 4 rings (SSSR count). The van der Waals surface area contributed by atoms with E-state index in [-0.39, 0.29) is 17.5 Å². The van der Waals surface area contributed by atoms with Crippen LogP contribution in [0.25, 0.3) is 10.8 Å². The molecule has 9 heteroatoms. The molecule has 0 spiro atoms.